The van der Waals surface area contributed by atoms with Gasteiger partial charge in [0.05, 0.1) is 5.69 Å². The van der Waals surface area contributed by atoms with Crippen LogP contribution in [0.5, 0.6) is 0 Å². The number of pyridine rings is 1. The number of carbonyl (C=O) groups is 1. The molecular formula is C14H12N2O3S. The minimum absolute atomic E-state index is 0.0982. The molecule has 1 amide bonds. The summed E-state index contributed by atoms with van der Waals surface area (Å²) in [6.07, 6.45) is 2.77. The predicted molar refractivity (Wildman–Crippen MR) is 74.6 cm³/mol. The SMILES string of the molecule is Cc1cccc(N2C(=O)CS(=O)(=O)c3cnccc32)c1. The summed E-state index contributed by atoms with van der Waals surface area (Å²) in [5.41, 5.74) is 2.03. The van der Waals surface area contributed by atoms with Crippen molar-refractivity contribution in [3.8, 4) is 0 Å². The average Bonchev–Trinajstić information content (AvgIpc) is 2.38. The van der Waals surface area contributed by atoms with Gasteiger partial charge in [0.2, 0.25) is 5.91 Å². The van der Waals surface area contributed by atoms with E-state index in [-0.39, 0.29) is 4.90 Å². The van der Waals surface area contributed by atoms with Crippen LogP contribution in [0.4, 0.5) is 11.4 Å². The Hall–Kier alpha value is -2.21. The molecule has 5 nitrogen and oxygen atoms in total. The van der Waals surface area contributed by atoms with Crippen LogP contribution in [-0.2, 0) is 14.6 Å². The lowest BCUT2D eigenvalue weighted by atomic mass is 10.2. The van der Waals surface area contributed by atoms with Crippen molar-refractivity contribution in [2.45, 2.75) is 11.8 Å². The minimum atomic E-state index is -3.60. The van der Waals surface area contributed by atoms with Gasteiger partial charge in [0.15, 0.2) is 9.84 Å². The molecule has 1 aromatic carbocycles. The first-order valence-electron chi connectivity index (χ1n) is 6.05. The number of amides is 1. The quantitative estimate of drug-likeness (QED) is 0.803. The molecule has 3 rings (SSSR count). The fourth-order valence-corrected chi connectivity index (χ4v) is 3.60. The molecule has 0 radical (unpaired) electrons. The Labute approximate surface area is 116 Å². The van der Waals surface area contributed by atoms with Crippen LogP contribution in [0.1, 0.15) is 5.56 Å². The van der Waals surface area contributed by atoms with Crippen molar-refractivity contribution in [1.29, 1.82) is 0 Å². The lowest BCUT2D eigenvalue weighted by Crippen LogP contribution is -2.37. The van der Waals surface area contributed by atoms with E-state index in [9.17, 15) is 13.2 Å². The van der Waals surface area contributed by atoms with E-state index >= 15 is 0 Å². The summed E-state index contributed by atoms with van der Waals surface area (Å²) >= 11 is 0. The average molecular weight is 288 g/mol. The van der Waals surface area contributed by atoms with Crippen molar-refractivity contribution in [2.24, 2.45) is 0 Å². The second-order valence-corrected chi connectivity index (χ2v) is 6.63. The second-order valence-electron chi connectivity index (χ2n) is 4.67. The summed E-state index contributed by atoms with van der Waals surface area (Å²) in [7, 11) is -3.60. The van der Waals surface area contributed by atoms with Gasteiger partial charge in [-0.15, -0.1) is 0 Å². The van der Waals surface area contributed by atoms with E-state index in [1.54, 1.807) is 12.1 Å². The third-order valence-electron chi connectivity index (χ3n) is 3.16. The van der Waals surface area contributed by atoms with Crippen LogP contribution >= 0.6 is 0 Å². The first-order chi connectivity index (χ1) is 9.49. The van der Waals surface area contributed by atoms with Gasteiger partial charge in [-0.05, 0) is 30.7 Å². The summed E-state index contributed by atoms with van der Waals surface area (Å²) < 4.78 is 24.1. The number of sulfone groups is 1. The van der Waals surface area contributed by atoms with E-state index in [0.29, 0.717) is 11.4 Å². The normalized spacial score (nSPS) is 16.9. The number of hydrogen-bond acceptors (Lipinski definition) is 4. The second kappa shape index (κ2) is 4.42. The molecule has 0 spiro atoms. The Bertz CT molecular complexity index is 800. The van der Waals surface area contributed by atoms with Gasteiger partial charge in [0.1, 0.15) is 10.6 Å². The van der Waals surface area contributed by atoms with E-state index in [2.05, 4.69) is 4.98 Å². The molecule has 102 valence electrons. The van der Waals surface area contributed by atoms with Crippen molar-refractivity contribution in [3.63, 3.8) is 0 Å². The van der Waals surface area contributed by atoms with Crippen LogP contribution in [0.2, 0.25) is 0 Å². The van der Waals surface area contributed by atoms with Crippen molar-refractivity contribution in [1.82, 2.24) is 4.98 Å². The summed E-state index contributed by atoms with van der Waals surface area (Å²) in [6, 6.07) is 8.93. The number of hydrogen-bond donors (Lipinski definition) is 0. The smallest absolute Gasteiger partial charge is 0.247 e. The van der Waals surface area contributed by atoms with Gasteiger partial charge in [0, 0.05) is 18.1 Å². The molecule has 0 fully saturated rings. The number of fused-ring (bicyclic) bond motifs is 1. The minimum Gasteiger partial charge on any atom is -0.279 e. The van der Waals surface area contributed by atoms with Crippen molar-refractivity contribution in [2.75, 3.05) is 10.7 Å². The molecule has 0 atom stereocenters. The van der Waals surface area contributed by atoms with Gasteiger partial charge in [-0.2, -0.15) is 0 Å². The molecule has 0 saturated carbocycles. The summed E-state index contributed by atoms with van der Waals surface area (Å²) in [6.45, 7) is 1.92. The maximum atomic E-state index is 12.2. The van der Waals surface area contributed by atoms with Gasteiger partial charge in [-0.1, -0.05) is 12.1 Å². The molecule has 0 N–H and O–H groups in total. The maximum absolute atomic E-state index is 12.2. The molecular weight excluding hydrogens is 276 g/mol. The Morgan fingerprint density at radius 3 is 2.80 bits per heavy atom. The van der Waals surface area contributed by atoms with Gasteiger partial charge >= 0.3 is 0 Å². The zero-order chi connectivity index (χ0) is 14.3. The largest absolute Gasteiger partial charge is 0.279 e. The number of benzene rings is 1. The molecule has 0 bridgehead atoms. The van der Waals surface area contributed by atoms with E-state index in [1.165, 1.54) is 17.3 Å². The summed E-state index contributed by atoms with van der Waals surface area (Å²) in [5, 5.41) is 0. The van der Waals surface area contributed by atoms with E-state index in [4.69, 9.17) is 0 Å². The number of aromatic nitrogens is 1. The maximum Gasteiger partial charge on any atom is 0.247 e. The highest BCUT2D eigenvalue weighted by Crippen LogP contribution is 2.35. The van der Waals surface area contributed by atoms with Crippen LogP contribution in [0.3, 0.4) is 0 Å². The predicted octanol–water partition coefficient (Wildman–Crippen LogP) is 1.84. The highest BCUT2D eigenvalue weighted by atomic mass is 32.2. The number of anilines is 2. The van der Waals surface area contributed by atoms with Gasteiger partial charge in [0.25, 0.3) is 0 Å². The number of nitrogens with zero attached hydrogens (tertiary/aromatic N) is 2. The Morgan fingerprint density at radius 2 is 2.05 bits per heavy atom. The Kier molecular flexibility index (Phi) is 2.83. The van der Waals surface area contributed by atoms with E-state index < -0.39 is 21.5 Å². The lowest BCUT2D eigenvalue weighted by Gasteiger charge is -2.29. The zero-order valence-corrected chi connectivity index (χ0v) is 11.6. The molecule has 1 aliphatic rings. The number of carbonyl (C=O) groups excluding carboxylic acids is 1. The topological polar surface area (TPSA) is 67.3 Å². The molecule has 0 saturated heterocycles. The van der Waals surface area contributed by atoms with Gasteiger partial charge in [-0.25, -0.2) is 8.42 Å². The third kappa shape index (κ3) is 1.98. The van der Waals surface area contributed by atoms with Gasteiger partial charge < -0.3 is 0 Å². The molecule has 1 aliphatic heterocycles. The van der Waals surface area contributed by atoms with Crippen molar-refractivity contribution in [3.05, 3.63) is 48.3 Å². The Morgan fingerprint density at radius 1 is 1.25 bits per heavy atom. The highest BCUT2D eigenvalue weighted by Gasteiger charge is 2.35. The fraction of sp³-hybridized carbons (Fsp3) is 0.143. The van der Waals surface area contributed by atoms with Crippen LogP contribution < -0.4 is 4.90 Å². The van der Waals surface area contributed by atoms with E-state index in [1.807, 2.05) is 25.1 Å². The highest BCUT2D eigenvalue weighted by molar-refractivity contribution is 7.92. The molecule has 2 aromatic rings. The van der Waals surface area contributed by atoms with Crippen molar-refractivity contribution >= 4 is 27.1 Å². The van der Waals surface area contributed by atoms with Crippen LogP contribution in [0.25, 0.3) is 0 Å². The molecule has 0 unspecified atom stereocenters. The lowest BCUT2D eigenvalue weighted by molar-refractivity contribution is -0.115. The molecule has 6 heteroatoms. The molecule has 2 heterocycles. The molecule has 20 heavy (non-hydrogen) atoms. The molecule has 0 aliphatic carbocycles. The standard InChI is InChI=1S/C14H12N2O3S/c1-10-3-2-4-11(7-10)16-12-5-6-15-8-13(12)20(18,19)9-14(16)17/h2-8H,9H2,1H3. The summed E-state index contributed by atoms with van der Waals surface area (Å²) in [4.78, 5) is 17.6. The van der Waals surface area contributed by atoms with Crippen LogP contribution in [0.15, 0.2) is 47.6 Å². The summed E-state index contributed by atoms with van der Waals surface area (Å²) in [5.74, 6) is -0.978. The van der Waals surface area contributed by atoms with Gasteiger partial charge in [-0.3, -0.25) is 14.7 Å². The first kappa shape index (κ1) is 12.8. The number of aryl methyl sites for hydroxylation is 1. The monoisotopic (exact) mass is 288 g/mol. The van der Waals surface area contributed by atoms with Crippen LogP contribution in [0, 0.1) is 6.92 Å². The first-order valence-corrected chi connectivity index (χ1v) is 7.71. The molecule has 1 aromatic heterocycles. The van der Waals surface area contributed by atoms with Crippen molar-refractivity contribution < 1.29 is 13.2 Å². The zero-order valence-electron chi connectivity index (χ0n) is 10.8. The fourth-order valence-electron chi connectivity index (χ4n) is 2.29. The third-order valence-corrected chi connectivity index (χ3v) is 4.77. The number of rotatable bonds is 1. The Balaban J connectivity index is 2.24. The van der Waals surface area contributed by atoms with Crippen LogP contribution in [-0.4, -0.2) is 25.1 Å². The van der Waals surface area contributed by atoms with E-state index in [0.717, 1.165) is 5.56 Å².